The van der Waals surface area contributed by atoms with Crippen LogP contribution in [-0.2, 0) is 14.6 Å². The van der Waals surface area contributed by atoms with Gasteiger partial charge in [0.2, 0.25) is 0 Å². The molecule has 26 heavy (non-hydrogen) atoms. The van der Waals surface area contributed by atoms with Crippen molar-refractivity contribution in [2.24, 2.45) is 0 Å². The molecule has 4 rings (SSSR count). The van der Waals surface area contributed by atoms with Crippen LogP contribution in [0.15, 0.2) is 35.9 Å². The Balaban J connectivity index is 1.57. The van der Waals surface area contributed by atoms with E-state index < -0.39 is 9.84 Å². The lowest BCUT2D eigenvalue weighted by atomic mass is 10.1. The highest BCUT2D eigenvalue weighted by Crippen LogP contribution is 2.29. The second kappa shape index (κ2) is 6.28. The SMILES string of the molecule is Cc1cc(NC(=O)C2=Cc3ccccc3OC2)n(C2CCS(=O)(=O)C2)n1. The van der Waals surface area contributed by atoms with Gasteiger partial charge >= 0.3 is 0 Å². The van der Waals surface area contributed by atoms with Crippen LogP contribution in [0.5, 0.6) is 5.75 Å². The molecule has 0 aliphatic carbocycles. The van der Waals surface area contributed by atoms with E-state index in [9.17, 15) is 13.2 Å². The monoisotopic (exact) mass is 373 g/mol. The van der Waals surface area contributed by atoms with E-state index in [0.29, 0.717) is 17.8 Å². The number of carbonyl (C=O) groups is 1. The zero-order valence-electron chi connectivity index (χ0n) is 14.3. The second-order valence-corrected chi connectivity index (χ2v) is 8.85. The quantitative estimate of drug-likeness (QED) is 0.888. The molecule has 0 radical (unpaired) electrons. The van der Waals surface area contributed by atoms with E-state index in [1.165, 1.54) is 0 Å². The highest BCUT2D eigenvalue weighted by molar-refractivity contribution is 7.91. The van der Waals surface area contributed by atoms with Crippen molar-refractivity contribution in [2.45, 2.75) is 19.4 Å². The minimum absolute atomic E-state index is 0.0518. The number of ether oxygens (including phenoxy) is 1. The summed E-state index contributed by atoms with van der Waals surface area (Å²) in [6, 6.07) is 9.02. The molecule has 7 nitrogen and oxygen atoms in total. The number of hydrogen-bond acceptors (Lipinski definition) is 5. The molecule has 0 spiro atoms. The Labute approximate surface area is 151 Å². The molecule has 1 amide bonds. The summed E-state index contributed by atoms with van der Waals surface area (Å²) in [5.74, 6) is 1.19. The maximum absolute atomic E-state index is 12.7. The van der Waals surface area contributed by atoms with Crippen molar-refractivity contribution in [3.63, 3.8) is 0 Å². The van der Waals surface area contributed by atoms with Crippen LogP contribution in [0.3, 0.4) is 0 Å². The van der Waals surface area contributed by atoms with Crippen molar-refractivity contribution in [1.82, 2.24) is 9.78 Å². The first-order valence-electron chi connectivity index (χ1n) is 8.42. The fourth-order valence-electron chi connectivity index (χ4n) is 3.30. The first-order chi connectivity index (χ1) is 12.4. The van der Waals surface area contributed by atoms with Crippen LogP contribution in [0.1, 0.15) is 23.7 Å². The molecule has 1 N–H and O–H groups in total. The van der Waals surface area contributed by atoms with Crippen LogP contribution < -0.4 is 10.1 Å². The van der Waals surface area contributed by atoms with Crippen molar-refractivity contribution in [1.29, 1.82) is 0 Å². The smallest absolute Gasteiger partial charge is 0.256 e. The van der Waals surface area contributed by atoms with E-state index in [1.807, 2.05) is 37.3 Å². The van der Waals surface area contributed by atoms with Gasteiger partial charge in [-0.2, -0.15) is 5.10 Å². The third kappa shape index (κ3) is 3.24. The molecule has 0 saturated carbocycles. The minimum Gasteiger partial charge on any atom is -0.488 e. The van der Waals surface area contributed by atoms with Crippen LogP contribution in [0, 0.1) is 6.92 Å². The highest BCUT2D eigenvalue weighted by atomic mass is 32.2. The van der Waals surface area contributed by atoms with Gasteiger partial charge in [0.25, 0.3) is 5.91 Å². The molecule has 1 atom stereocenters. The Morgan fingerprint density at radius 1 is 1.35 bits per heavy atom. The molecule has 1 saturated heterocycles. The summed E-state index contributed by atoms with van der Waals surface area (Å²) in [5.41, 5.74) is 2.09. The Bertz CT molecular complexity index is 1010. The maximum Gasteiger partial charge on any atom is 0.256 e. The summed E-state index contributed by atoms with van der Waals surface area (Å²) >= 11 is 0. The van der Waals surface area contributed by atoms with Crippen LogP contribution >= 0.6 is 0 Å². The molecule has 2 aromatic rings. The molecular formula is C18H19N3O4S. The number of carbonyl (C=O) groups excluding carboxylic acids is 1. The lowest BCUT2D eigenvalue weighted by Crippen LogP contribution is -2.24. The van der Waals surface area contributed by atoms with Gasteiger partial charge < -0.3 is 10.1 Å². The van der Waals surface area contributed by atoms with Gasteiger partial charge in [0.05, 0.1) is 28.8 Å². The number of anilines is 1. The fraction of sp³-hybridized carbons (Fsp3) is 0.333. The first kappa shape index (κ1) is 16.8. The van der Waals surface area contributed by atoms with Gasteiger partial charge in [-0.1, -0.05) is 18.2 Å². The number of nitrogens with one attached hydrogen (secondary N) is 1. The van der Waals surface area contributed by atoms with Crippen molar-refractivity contribution in [3.05, 3.63) is 47.2 Å². The number of nitrogens with zero attached hydrogens (tertiary/aromatic N) is 2. The van der Waals surface area contributed by atoms with Gasteiger partial charge in [-0.15, -0.1) is 0 Å². The summed E-state index contributed by atoms with van der Waals surface area (Å²) < 4.78 is 30.8. The Kier molecular flexibility index (Phi) is 4.07. The summed E-state index contributed by atoms with van der Waals surface area (Å²) in [7, 11) is -3.04. The molecule has 136 valence electrons. The standard InChI is InChI=1S/C18H19N3O4S/c1-12-8-17(21(20-12)15-6-7-26(23,24)11-15)19-18(22)14-9-13-4-2-3-5-16(13)25-10-14/h2-5,8-9,15H,6-7,10-11H2,1H3,(H,19,22). The van der Waals surface area contributed by atoms with Gasteiger partial charge in [0, 0.05) is 11.6 Å². The third-order valence-electron chi connectivity index (χ3n) is 4.58. The van der Waals surface area contributed by atoms with E-state index in [1.54, 1.807) is 10.7 Å². The van der Waals surface area contributed by atoms with Crippen LogP contribution in [0.25, 0.3) is 6.08 Å². The van der Waals surface area contributed by atoms with Gasteiger partial charge in [-0.3, -0.25) is 4.79 Å². The number of aromatic nitrogens is 2. The number of hydrogen-bond donors (Lipinski definition) is 1. The predicted octanol–water partition coefficient (Wildman–Crippen LogP) is 1.97. The van der Waals surface area contributed by atoms with Gasteiger partial charge in [-0.05, 0) is 25.5 Å². The molecule has 0 bridgehead atoms. The number of sulfone groups is 1. The zero-order chi connectivity index (χ0) is 18.3. The van der Waals surface area contributed by atoms with Crippen molar-refractivity contribution >= 4 is 27.6 Å². The molecule has 2 aliphatic heterocycles. The van der Waals surface area contributed by atoms with Gasteiger partial charge in [0.15, 0.2) is 9.84 Å². The Morgan fingerprint density at radius 3 is 2.92 bits per heavy atom. The van der Waals surface area contributed by atoms with Crippen molar-refractivity contribution < 1.29 is 17.9 Å². The van der Waals surface area contributed by atoms with E-state index in [4.69, 9.17) is 4.74 Å². The maximum atomic E-state index is 12.7. The number of fused-ring (bicyclic) bond motifs is 1. The zero-order valence-corrected chi connectivity index (χ0v) is 15.1. The normalized spacial score (nSPS) is 20.8. The van der Waals surface area contributed by atoms with E-state index in [-0.39, 0.29) is 30.1 Å². The average Bonchev–Trinajstić information content (AvgIpc) is 3.16. The molecule has 8 heteroatoms. The molecule has 1 fully saturated rings. The fourth-order valence-corrected chi connectivity index (χ4v) is 4.99. The topological polar surface area (TPSA) is 90.3 Å². The number of rotatable bonds is 3. The number of amides is 1. The van der Waals surface area contributed by atoms with Gasteiger partial charge in [0.1, 0.15) is 18.2 Å². The van der Waals surface area contributed by atoms with Crippen LogP contribution in [0.2, 0.25) is 0 Å². The van der Waals surface area contributed by atoms with E-state index in [2.05, 4.69) is 10.4 Å². The van der Waals surface area contributed by atoms with E-state index >= 15 is 0 Å². The molecule has 3 heterocycles. The summed E-state index contributed by atoms with van der Waals surface area (Å²) in [4.78, 5) is 12.7. The van der Waals surface area contributed by atoms with Crippen molar-refractivity contribution in [2.75, 3.05) is 23.4 Å². The second-order valence-electron chi connectivity index (χ2n) is 6.62. The molecule has 1 aromatic heterocycles. The minimum atomic E-state index is -3.04. The lowest BCUT2D eigenvalue weighted by Gasteiger charge is -2.18. The molecule has 2 aliphatic rings. The Morgan fingerprint density at radius 2 is 2.15 bits per heavy atom. The number of aryl methyl sites for hydroxylation is 1. The molecule has 1 unspecified atom stereocenters. The molecular weight excluding hydrogens is 354 g/mol. The number of para-hydroxylation sites is 1. The van der Waals surface area contributed by atoms with Crippen LogP contribution in [-0.4, -0.2) is 42.2 Å². The summed E-state index contributed by atoms with van der Waals surface area (Å²) in [6.45, 7) is 2.00. The van der Waals surface area contributed by atoms with Crippen molar-refractivity contribution in [3.8, 4) is 5.75 Å². The summed E-state index contributed by atoms with van der Waals surface area (Å²) in [6.07, 6.45) is 2.31. The third-order valence-corrected chi connectivity index (χ3v) is 6.33. The lowest BCUT2D eigenvalue weighted by molar-refractivity contribution is -0.113. The van der Waals surface area contributed by atoms with E-state index in [0.717, 1.165) is 17.0 Å². The largest absolute Gasteiger partial charge is 0.488 e. The van der Waals surface area contributed by atoms with Gasteiger partial charge in [-0.25, -0.2) is 13.1 Å². The Hall–Kier alpha value is -2.61. The average molecular weight is 373 g/mol. The number of benzene rings is 1. The first-order valence-corrected chi connectivity index (χ1v) is 10.2. The van der Waals surface area contributed by atoms with Crippen LogP contribution in [0.4, 0.5) is 5.82 Å². The predicted molar refractivity (Wildman–Crippen MR) is 97.8 cm³/mol. The highest BCUT2D eigenvalue weighted by Gasteiger charge is 2.31. The molecule has 1 aromatic carbocycles. The summed E-state index contributed by atoms with van der Waals surface area (Å²) in [5, 5.41) is 7.23.